The number of aryl methyl sites for hydroxylation is 1. The molecule has 1 heterocycles. The summed E-state index contributed by atoms with van der Waals surface area (Å²) in [7, 11) is 1.39. The molecule has 2 aromatic rings. The Morgan fingerprint density at radius 3 is 2.89 bits per heavy atom. The Hall–Kier alpha value is -2.34. The van der Waals surface area contributed by atoms with Crippen molar-refractivity contribution in [2.24, 2.45) is 5.73 Å². The van der Waals surface area contributed by atoms with Gasteiger partial charge < -0.3 is 20.2 Å². The Balaban J connectivity index is 2.41. The summed E-state index contributed by atoms with van der Waals surface area (Å²) in [6.07, 6.45) is 1.27. The molecule has 0 aliphatic carbocycles. The van der Waals surface area contributed by atoms with Crippen LogP contribution in [0, 0.1) is 6.92 Å². The predicted octanol–water partition coefficient (Wildman–Crippen LogP) is 1.34. The average Bonchev–Trinajstić information content (AvgIpc) is 2.41. The molecular weight excluding hydrogens is 246 g/mol. The fourth-order valence-electron chi connectivity index (χ4n) is 1.61. The molecule has 3 N–H and O–H groups in total. The van der Waals surface area contributed by atoms with Crippen LogP contribution in [0.25, 0.3) is 0 Å². The van der Waals surface area contributed by atoms with Gasteiger partial charge in [0.2, 0.25) is 5.75 Å². The molecule has 0 aliphatic rings. The lowest BCUT2D eigenvalue weighted by Gasteiger charge is -2.11. The van der Waals surface area contributed by atoms with Crippen LogP contribution in [-0.2, 0) is 6.54 Å². The maximum Gasteiger partial charge on any atom is 0.297 e. The largest absolute Gasteiger partial charge is 0.487 e. The Labute approximate surface area is 110 Å². The van der Waals surface area contributed by atoms with E-state index in [0.717, 1.165) is 11.1 Å². The molecule has 0 saturated carbocycles. The molecule has 0 radical (unpaired) electrons. The summed E-state index contributed by atoms with van der Waals surface area (Å²) in [4.78, 5) is 17.9. The summed E-state index contributed by atoms with van der Waals surface area (Å²) in [5.74, 6) is 0.767. The van der Waals surface area contributed by atoms with Crippen LogP contribution in [0.3, 0.4) is 0 Å². The van der Waals surface area contributed by atoms with Crippen LogP contribution < -0.4 is 20.8 Å². The Kier molecular flexibility index (Phi) is 3.82. The van der Waals surface area contributed by atoms with Crippen molar-refractivity contribution in [1.82, 2.24) is 9.97 Å². The Morgan fingerprint density at radius 1 is 1.42 bits per heavy atom. The highest BCUT2D eigenvalue weighted by Crippen LogP contribution is 2.28. The first-order chi connectivity index (χ1) is 9.15. The van der Waals surface area contributed by atoms with Crippen molar-refractivity contribution in [2.45, 2.75) is 13.5 Å². The van der Waals surface area contributed by atoms with Crippen LogP contribution in [0.2, 0.25) is 0 Å². The van der Waals surface area contributed by atoms with Gasteiger partial charge in [0.05, 0.1) is 13.4 Å². The summed E-state index contributed by atoms with van der Waals surface area (Å²) >= 11 is 0. The first-order valence-electron chi connectivity index (χ1n) is 5.75. The molecule has 2 rings (SSSR count). The predicted molar refractivity (Wildman–Crippen MR) is 70.6 cm³/mol. The number of nitrogens with two attached hydrogens (primary N) is 1. The van der Waals surface area contributed by atoms with Gasteiger partial charge in [-0.25, -0.2) is 4.98 Å². The first-order valence-corrected chi connectivity index (χ1v) is 5.75. The van der Waals surface area contributed by atoms with E-state index in [1.54, 1.807) is 0 Å². The molecule has 19 heavy (non-hydrogen) atoms. The minimum absolute atomic E-state index is 0.0417. The second kappa shape index (κ2) is 5.53. The molecule has 0 atom stereocenters. The first kappa shape index (κ1) is 13.1. The van der Waals surface area contributed by atoms with Crippen molar-refractivity contribution in [3.63, 3.8) is 0 Å². The third-order valence-corrected chi connectivity index (χ3v) is 2.68. The van der Waals surface area contributed by atoms with E-state index in [4.69, 9.17) is 15.2 Å². The smallest absolute Gasteiger partial charge is 0.297 e. The van der Waals surface area contributed by atoms with E-state index in [9.17, 15) is 4.79 Å². The van der Waals surface area contributed by atoms with Crippen LogP contribution in [-0.4, -0.2) is 17.1 Å². The number of ether oxygens (including phenoxy) is 2. The van der Waals surface area contributed by atoms with Crippen LogP contribution in [0.5, 0.6) is 17.4 Å². The molecule has 0 amide bonds. The van der Waals surface area contributed by atoms with Crippen molar-refractivity contribution in [3.8, 4) is 17.4 Å². The van der Waals surface area contributed by atoms with E-state index in [2.05, 4.69) is 9.97 Å². The van der Waals surface area contributed by atoms with Crippen LogP contribution in [0.1, 0.15) is 11.1 Å². The summed E-state index contributed by atoms with van der Waals surface area (Å²) in [5.41, 5.74) is 7.06. The van der Waals surface area contributed by atoms with Crippen LogP contribution in [0.15, 0.2) is 29.3 Å². The highest BCUT2D eigenvalue weighted by atomic mass is 16.5. The zero-order chi connectivity index (χ0) is 13.8. The summed E-state index contributed by atoms with van der Waals surface area (Å²) in [6.45, 7) is 2.31. The summed E-state index contributed by atoms with van der Waals surface area (Å²) in [6, 6.07) is 5.64. The minimum atomic E-state index is -0.389. The molecule has 100 valence electrons. The molecular formula is C13H15N3O3. The van der Waals surface area contributed by atoms with E-state index < -0.39 is 0 Å². The monoisotopic (exact) mass is 261 g/mol. The number of H-pyrrole nitrogens is 1. The number of hydrogen-bond donors (Lipinski definition) is 2. The van der Waals surface area contributed by atoms with Gasteiger partial charge in [-0.05, 0) is 24.1 Å². The fraction of sp³-hybridized carbons (Fsp3) is 0.231. The van der Waals surface area contributed by atoms with E-state index in [1.807, 2.05) is 25.1 Å². The number of benzene rings is 1. The zero-order valence-electron chi connectivity index (χ0n) is 10.8. The number of rotatable bonds is 4. The number of hydrogen-bond acceptors (Lipinski definition) is 5. The van der Waals surface area contributed by atoms with Crippen LogP contribution >= 0.6 is 0 Å². The Morgan fingerprint density at radius 2 is 2.21 bits per heavy atom. The number of aromatic nitrogens is 2. The second-order valence-corrected chi connectivity index (χ2v) is 3.98. The van der Waals surface area contributed by atoms with Crippen molar-refractivity contribution in [2.75, 3.05) is 7.11 Å². The van der Waals surface area contributed by atoms with Gasteiger partial charge >= 0.3 is 0 Å². The lowest BCUT2D eigenvalue weighted by molar-refractivity contribution is 0.362. The third-order valence-electron chi connectivity index (χ3n) is 2.68. The van der Waals surface area contributed by atoms with Crippen molar-refractivity contribution in [3.05, 3.63) is 46.0 Å². The van der Waals surface area contributed by atoms with E-state index in [0.29, 0.717) is 12.3 Å². The molecule has 6 heteroatoms. The van der Waals surface area contributed by atoms with E-state index in [1.165, 1.54) is 13.4 Å². The van der Waals surface area contributed by atoms with Gasteiger partial charge in [-0.2, -0.15) is 0 Å². The number of nitrogens with zero attached hydrogens (tertiary/aromatic N) is 1. The maximum atomic E-state index is 11.5. The lowest BCUT2D eigenvalue weighted by atomic mass is 10.1. The molecule has 0 unspecified atom stereocenters. The van der Waals surface area contributed by atoms with Gasteiger partial charge in [-0.3, -0.25) is 4.79 Å². The average molecular weight is 261 g/mol. The van der Waals surface area contributed by atoms with Gasteiger partial charge in [-0.1, -0.05) is 12.1 Å². The molecule has 6 nitrogen and oxygen atoms in total. The SMILES string of the molecule is COc1c(Oc2cc(CN)ccc2C)nc[nH]c1=O. The highest BCUT2D eigenvalue weighted by molar-refractivity contribution is 5.41. The lowest BCUT2D eigenvalue weighted by Crippen LogP contribution is -2.11. The quantitative estimate of drug-likeness (QED) is 0.866. The van der Waals surface area contributed by atoms with Crippen LogP contribution in [0.4, 0.5) is 0 Å². The normalized spacial score (nSPS) is 10.3. The molecule has 1 aromatic carbocycles. The molecule has 0 aliphatic heterocycles. The number of methoxy groups -OCH3 is 1. The molecule has 1 aromatic heterocycles. The van der Waals surface area contributed by atoms with E-state index >= 15 is 0 Å². The molecule has 0 fully saturated rings. The maximum absolute atomic E-state index is 11.5. The van der Waals surface area contributed by atoms with Gasteiger partial charge in [0.1, 0.15) is 5.75 Å². The summed E-state index contributed by atoms with van der Waals surface area (Å²) < 4.78 is 10.6. The van der Waals surface area contributed by atoms with Crippen molar-refractivity contribution in [1.29, 1.82) is 0 Å². The Bertz CT molecular complexity index is 637. The van der Waals surface area contributed by atoms with E-state index in [-0.39, 0.29) is 17.2 Å². The van der Waals surface area contributed by atoms with Crippen molar-refractivity contribution >= 4 is 0 Å². The van der Waals surface area contributed by atoms with Gasteiger partial charge in [0.25, 0.3) is 11.4 Å². The summed E-state index contributed by atoms with van der Waals surface area (Å²) in [5, 5.41) is 0. The second-order valence-electron chi connectivity index (χ2n) is 3.98. The van der Waals surface area contributed by atoms with Gasteiger partial charge in [0, 0.05) is 6.54 Å². The van der Waals surface area contributed by atoms with Crippen molar-refractivity contribution < 1.29 is 9.47 Å². The number of nitrogens with one attached hydrogen (secondary N) is 1. The molecule has 0 saturated heterocycles. The standard InChI is InChI=1S/C13H15N3O3/c1-8-3-4-9(6-14)5-10(8)19-13-11(18-2)12(17)15-7-16-13/h3-5,7H,6,14H2,1-2H3,(H,15,16,17). The zero-order valence-corrected chi connectivity index (χ0v) is 10.8. The minimum Gasteiger partial charge on any atom is -0.487 e. The number of aromatic amines is 1. The highest BCUT2D eigenvalue weighted by Gasteiger charge is 2.12. The molecule has 0 bridgehead atoms. The van der Waals surface area contributed by atoms with Gasteiger partial charge in [-0.15, -0.1) is 0 Å². The van der Waals surface area contributed by atoms with Gasteiger partial charge in [0.15, 0.2) is 0 Å². The topological polar surface area (TPSA) is 90.2 Å². The third kappa shape index (κ3) is 2.74. The molecule has 0 spiro atoms. The fourth-order valence-corrected chi connectivity index (χ4v) is 1.61.